The third-order valence-corrected chi connectivity index (χ3v) is 6.44. The van der Waals surface area contributed by atoms with E-state index in [0.717, 1.165) is 10.4 Å². The van der Waals surface area contributed by atoms with E-state index in [1.807, 2.05) is 30.5 Å². The summed E-state index contributed by atoms with van der Waals surface area (Å²) in [6.45, 7) is 2.29. The first-order valence-corrected chi connectivity index (χ1v) is 10.0. The Kier molecular flexibility index (Phi) is 5.27. The number of thiophene rings is 1. The SMILES string of the molecule is COc1ccc(C)cc1S(=O)(=O)N(Cc1ccco1)Cc1cccs1. The van der Waals surface area contributed by atoms with Gasteiger partial charge in [0.1, 0.15) is 16.4 Å². The van der Waals surface area contributed by atoms with Gasteiger partial charge in [0.25, 0.3) is 0 Å². The molecular weight excluding hydrogens is 358 g/mol. The van der Waals surface area contributed by atoms with Crippen molar-refractivity contribution >= 4 is 21.4 Å². The zero-order valence-corrected chi connectivity index (χ0v) is 15.6. The minimum Gasteiger partial charge on any atom is -0.495 e. The number of benzene rings is 1. The van der Waals surface area contributed by atoms with Gasteiger partial charge < -0.3 is 9.15 Å². The van der Waals surface area contributed by atoms with E-state index in [2.05, 4.69) is 0 Å². The van der Waals surface area contributed by atoms with Crippen LogP contribution in [-0.2, 0) is 23.1 Å². The smallest absolute Gasteiger partial charge is 0.247 e. The van der Waals surface area contributed by atoms with Crippen LogP contribution in [0.5, 0.6) is 5.75 Å². The van der Waals surface area contributed by atoms with Crippen LogP contribution in [0.1, 0.15) is 16.2 Å². The highest BCUT2D eigenvalue weighted by Gasteiger charge is 2.29. The Balaban J connectivity index is 2.02. The van der Waals surface area contributed by atoms with Crippen molar-refractivity contribution < 1.29 is 17.6 Å². The summed E-state index contributed by atoms with van der Waals surface area (Å²) in [6, 6.07) is 12.5. The minimum atomic E-state index is -3.76. The number of aryl methyl sites for hydroxylation is 1. The Hall–Kier alpha value is -2.09. The van der Waals surface area contributed by atoms with Crippen molar-refractivity contribution in [3.05, 3.63) is 70.3 Å². The van der Waals surface area contributed by atoms with Crippen molar-refractivity contribution in [1.82, 2.24) is 4.31 Å². The predicted molar refractivity (Wildman–Crippen MR) is 97.2 cm³/mol. The Morgan fingerprint density at radius 1 is 1.16 bits per heavy atom. The van der Waals surface area contributed by atoms with E-state index in [1.165, 1.54) is 22.8 Å². The number of hydrogen-bond acceptors (Lipinski definition) is 5. The fourth-order valence-corrected chi connectivity index (χ4v) is 4.93. The molecule has 0 N–H and O–H groups in total. The van der Waals surface area contributed by atoms with Crippen molar-refractivity contribution in [2.75, 3.05) is 7.11 Å². The van der Waals surface area contributed by atoms with Gasteiger partial charge in [-0.2, -0.15) is 4.31 Å². The van der Waals surface area contributed by atoms with Gasteiger partial charge in [-0.1, -0.05) is 12.1 Å². The highest BCUT2D eigenvalue weighted by atomic mass is 32.2. The number of sulfonamides is 1. The molecule has 5 nitrogen and oxygen atoms in total. The topological polar surface area (TPSA) is 59.8 Å². The quantitative estimate of drug-likeness (QED) is 0.623. The Morgan fingerprint density at radius 2 is 2.00 bits per heavy atom. The average Bonchev–Trinajstić information content (AvgIpc) is 3.28. The van der Waals surface area contributed by atoms with Crippen molar-refractivity contribution in [3.63, 3.8) is 0 Å². The second-order valence-electron chi connectivity index (χ2n) is 5.59. The number of ether oxygens (including phenoxy) is 1. The van der Waals surface area contributed by atoms with Crippen molar-refractivity contribution in [2.45, 2.75) is 24.9 Å². The first-order chi connectivity index (χ1) is 12.0. The molecule has 3 aromatic rings. The highest BCUT2D eigenvalue weighted by molar-refractivity contribution is 7.89. The zero-order chi connectivity index (χ0) is 17.9. The minimum absolute atomic E-state index is 0.157. The molecule has 132 valence electrons. The van der Waals surface area contributed by atoms with E-state index in [4.69, 9.17) is 9.15 Å². The van der Waals surface area contributed by atoms with Crippen molar-refractivity contribution in [3.8, 4) is 5.75 Å². The average molecular weight is 377 g/mol. The molecule has 0 radical (unpaired) electrons. The molecule has 0 spiro atoms. The molecule has 2 aromatic heterocycles. The maximum atomic E-state index is 13.3. The lowest BCUT2D eigenvalue weighted by Crippen LogP contribution is -2.30. The van der Waals surface area contributed by atoms with E-state index >= 15 is 0 Å². The standard InChI is InChI=1S/C18H19NO4S2/c1-14-7-8-17(22-2)18(11-14)25(20,21)19(12-15-5-3-9-23-15)13-16-6-4-10-24-16/h3-11H,12-13H2,1-2H3. The van der Waals surface area contributed by atoms with Gasteiger partial charge in [0.15, 0.2) is 0 Å². The molecule has 0 saturated carbocycles. The largest absolute Gasteiger partial charge is 0.495 e. The second kappa shape index (κ2) is 7.43. The first kappa shape index (κ1) is 17.7. The summed E-state index contributed by atoms with van der Waals surface area (Å²) < 4.78 is 38.7. The molecule has 0 saturated heterocycles. The second-order valence-corrected chi connectivity index (χ2v) is 8.52. The molecule has 0 aliphatic rings. The van der Waals surface area contributed by atoms with Crippen LogP contribution in [0.3, 0.4) is 0 Å². The highest BCUT2D eigenvalue weighted by Crippen LogP contribution is 2.30. The fraction of sp³-hybridized carbons (Fsp3) is 0.222. The van der Waals surface area contributed by atoms with E-state index in [0.29, 0.717) is 11.5 Å². The van der Waals surface area contributed by atoms with Gasteiger partial charge >= 0.3 is 0 Å². The normalized spacial score (nSPS) is 11.8. The first-order valence-electron chi connectivity index (χ1n) is 7.70. The maximum Gasteiger partial charge on any atom is 0.247 e. The van der Waals surface area contributed by atoms with E-state index in [1.54, 1.807) is 30.5 Å². The fourth-order valence-electron chi connectivity index (χ4n) is 2.50. The summed E-state index contributed by atoms with van der Waals surface area (Å²) in [7, 11) is -2.29. The van der Waals surface area contributed by atoms with Crippen LogP contribution in [0.2, 0.25) is 0 Å². The molecule has 7 heteroatoms. The summed E-state index contributed by atoms with van der Waals surface area (Å²) in [5.74, 6) is 0.924. The van der Waals surface area contributed by atoms with Crippen LogP contribution in [0, 0.1) is 6.92 Å². The summed E-state index contributed by atoms with van der Waals surface area (Å²) in [6.07, 6.45) is 1.54. The summed E-state index contributed by atoms with van der Waals surface area (Å²) >= 11 is 1.52. The number of furan rings is 1. The van der Waals surface area contributed by atoms with Crippen molar-refractivity contribution in [2.24, 2.45) is 0 Å². The molecule has 0 fully saturated rings. The number of rotatable bonds is 7. The molecule has 2 heterocycles. The third kappa shape index (κ3) is 3.95. The Morgan fingerprint density at radius 3 is 2.64 bits per heavy atom. The van der Waals surface area contributed by atoms with Gasteiger partial charge in [-0.15, -0.1) is 11.3 Å². The van der Waals surface area contributed by atoms with Crippen LogP contribution in [-0.4, -0.2) is 19.8 Å². The van der Waals surface area contributed by atoms with Crippen LogP contribution in [0.15, 0.2) is 63.4 Å². The summed E-state index contributed by atoms with van der Waals surface area (Å²) in [5.41, 5.74) is 0.855. The predicted octanol–water partition coefficient (Wildman–Crippen LogP) is 4.05. The van der Waals surface area contributed by atoms with Gasteiger partial charge in [0.05, 0.1) is 19.9 Å². The Labute approximate surface area is 151 Å². The van der Waals surface area contributed by atoms with Gasteiger partial charge in [0, 0.05) is 11.4 Å². The van der Waals surface area contributed by atoms with Crippen LogP contribution >= 0.6 is 11.3 Å². The van der Waals surface area contributed by atoms with E-state index in [9.17, 15) is 8.42 Å². The van der Waals surface area contributed by atoms with Gasteiger partial charge in [-0.25, -0.2) is 8.42 Å². The van der Waals surface area contributed by atoms with E-state index in [-0.39, 0.29) is 18.0 Å². The molecule has 0 amide bonds. The van der Waals surface area contributed by atoms with Crippen molar-refractivity contribution in [1.29, 1.82) is 0 Å². The number of nitrogens with zero attached hydrogens (tertiary/aromatic N) is 1. The Bertz CT molecular complexity index is 880. The third-order valence-electron chi connectivity index (χ3n) is 3.76. The lowest BCUT2D eigenvalue weighted by Gasteiger charge is -2.22. The van der Waals surface area contributed by atoms with Gasteiger partial charge in [-0.05, 0) is 48.2 Å². The summed E-state index contributed by atoms with van der Waals surface area (Å²) in [4.78, 5) is 1.12. The van der Waals surface area contributed by atoms with Crippen LogP contribution in [0.25, 0.3) is 0 Å². The molecule has 0 aliphatic heterocycles. The van der Waals surface area contributed by atoms with Crippen LogP contribution in [0.4, 0.5) is 0 Å². The molecule has 1 aromatic carbocycles. The molecule has 25 heavy (non-hydrogen) atoms. The molecule has 0 bridgehead atoms. The molecule has 3 rings (SSSR count). The van der Waals surface area contributed by atoms with Crippen LogP contribution < -0.4 is 4.74 Å². The number of methoxy groups -OCH3 is 1. The lowest BCUT2D eigenvalue weighted by atomic mass is 10.2. The van der Waals surface area contributed by atoms with Gasteiger partial charge in [0.2, 0.25) is 10.0 Å². The lowest BCUT2D eigenvalue weighted by molar-refractivity contribution is 0.355. The number of hydrogen-bond donors (Lipinski definition) is 0. The molecule has 0 atom stereocenters. The zero-order valence-electron chi connectivity index (χ0n) is 14.0. The molecular formula is C18H19NO4S2. The monoisotopic (exact) mass is 377 g/mol. The molecule has 0 aliphatic carbocycles. The van der Waals surface area contributed by atoms with E-state index < -0.39 is 10.0 Å². The maximum absolute atomic E-state index is 13.3. The summed E-state index contributed by atoms with van der Waals surface area (Å²) in [5, 5.41) is 1.93. The van der Waals surface area contributed by atoms with Gasteiger partial charge in [-0.3, -0.25) is 0 Å². The molecule has 0 unspecified atom stereocenters.